The molecule has 1 amide bonds. The SMILES string of the molecule is CC(C)(C)[Si](C)(C)Oc1cc(Br)ccc1[C@@H]1[C@@H](CC[C@H](O[Si](C)(C)C(C)(C)C)c2ccc(F)cc2)C(=O)N1c1ccccc1. The van der Waals surface area contributed by atoms with E-state index in [1.54, 1.807) is 0 Å². The molecule has 1 heterocycles. The highest BCUT2D eigenvalue weighted by molar-refractivity contribution is 9.10. The zero-order chi connectivity index (χ0) is 32.7. The average molecular weight is 699 g/mol. The summed E-state index contributed by atoms with van der Waals surface area (Å²) in [5.41, 5.74) is 2.85. The summed E-state index contributed by atoms with van der Waals surface area (Å²) < 4.78 is 28.7. The first-order valence-electron chi connectivity index (χ1n) is 15.6. The highest BCUT2D eigenvalue weighted by atomic mass is 79.9. The number of β-lactam (4-membered cyclic amide) rings is 1. The predicted octanol–water partition coefficient (Wildman–Crippen LogP) is 11.2. The molecule has 8 heteroatoms. The number of hydrogen-bond acceptors (Lipinski definition) is 3. The number of benzene rings is 3. The van der Waals surface area contributed by atoms with Crippen LogP contribution in [-0.4, -0.2) is 22.5 Å². The van der Waals surface area contributed by atoms with Gasteiger partial charge in [-0.15, -0.1) is 0 Å². The van der Waals surface area contributed by atoms with Crippen molar-refractivity contribution in [3.05, 3.63) is 94.2 Å². The van der Waals surface area contributed by atoms with E-state index in [0.717, 1.165) is 27.0 Å². The maximum atomic E-state index is 14.0. The van der Waals surface area contributed by atoms with Crippen LogP contribution in [0.5, 0.6) is 5.75 Å². The number of halogens is 2. The van der Waals surface area contributed by atoms with E-state index in [1.807, 2.05) is 53.4 Å². The lowest BCUT2D eigenvalue weighted by Gasteiger charge is -2.49. The first-order valence-corrected chi connectivity index (χ1v) is 22.2. The summed E-state index contributed by atoms with van der Waals surface area (Å²) in [6.07, 6.45) is 1.06. The summed E-state index contributed by atoms with van der Waals surface area (Å²) in [7, 11) is -4.34. The van der Waals surface area contributed by atoms with Crippen molar-refractivity contribution in [1.82, 2.24) is 0 Å². The number of hydrogen-bond donors (Lipinski definition) is 0. The van der Waals surface area contributed by atoms with Gasteiger partial charge in [0.25, 0.3) is 0 Å². The lowest BCUT2D eigenvalue weighted by Crippen LogP contribution is -2.55. The minimum Gasteiger partial charge on any atom is -0.543 e. The Morgan fingerprint density at radius 1 is 0.864 bits per heavy atom. The summed E-state index contributed by atoms with van der Waals surface area (Å²) in [4.78, 5) is 15.9. The fourth-order valence-electron chi connectivity index (χ4n) is 5.17. The van der Waals surface area contributed by atoms with Crippen LogP contribution in [0.15, 0.2) is 77.3 Å². The second-order valence-electron chi connectivity index (χ2n) is 15.1. The van der Waals surface area contributed by atoms with Crippen LogP contribution in [0.2, 0.25) is 36.3 Å². The topological polar surface area (TPSA) is 38.8 Å². The van der Waals surface area contributed by atoms with Crippen molar-refractivity contribution >= 4 is 44.2 Å². The molecule has 0 aliphatic carbocycles. The molecule has 1 fully saturated rings. The van der Waals surface area contributed by atoms with Crippen LogP contribution in [0.1, 0.15) is 77.7 Å². The fraction of sp³-hybridized carbons (Fsp3) is 0.472. The van der Waals surface area contributed by atoms with Gasteiger partial charge in [-0.1, -0.05) is 93.9 Å². The Balaban J connectivity index is 1.72. The largest absolute Gasteiger partial charge is 0.543 e. The van der Waals surface area contributed by atoms with Crippen LogP contribution in [0.4, 0.5) is 10.1 Å². The molecule has 3 aromatic carbocycles. The highest BCUT2D eigenvalue weighted by Crippen LogP contribution is 2.51. The monoisotopic (exact) mass is 697 g/mol. The molecule has 3 atom stereocenters. The smallest absolute Gasteiger partial charge is 0.250 e. The molecule has 1 aliphatic heterocycles. The molecular formula is C36H49BrFNO3Si2. The highest BCUT2D eigenvalue weighted by Gasteiger charge is 2.51. The number of para-hydroxylation sites is 1. The van der Waals surface area contributed by atoms with Gasteiger partial charge in [0.1, 0.15) is 11.6 Å². The Kier molecular flexibility index (Phi) is 10.1. The van der Waals surface area contributed by atoms with Crippen LogP contribution < -0.4 is 9.33 Å². The molecule has 0 radical (unpaired) electrons. The average Bonchev–Trinajstić information content (AvgIpc) is 2.91. The van der Waals surface area contributed by atoms with Crippen molar-refractivity contribution in [3.63, 3.8) is 0 Å². The van der Waals surface area contributed by atoms with Gasteiger partial charge in [0.15, 0.2) is 8.32 Å². The zero-order valence-corrected chi connectivity index (χ0v) is 31.6. The molecule has 238 valence electrons. The Bertz CT molecular complexity index is 1450. The number of carbonyl (C=O) groups is 1. The van der Waals surface area contributed by atoms with E-state index in [2.05, 4.69) is 95.8 Å². The normalized spacial score (nSPS) is 18.6. The maximum absolute atomic E-state index is 14.0. The third kappa shape index (κ3) is 7.40. The molecule has 0 unspecified atom stereocenters. The van der Waals surface area contributed by atoms with Crippen LogP contribution in [0, 0.1) is 11.7 Å². The molecule has 3 aromatic rings. The lowest BCUT2D eigenvalue weighted by atomic mass is 9.78. The second kappa shape index (κ2) is 12.9. The van der Waals surface area contributed by atoms with Crippen LogP contribution >= 0.6 is 15.9 Å². The summed E-state index contributed by atoms with van der Waals surface area (Å²) >= 11 is 3.67. The quantitative estimate of drug-likeness (QED) is 0.156. The van der Waals surface area contributed by atoms with Gasteiger partial charge in [0.2, 0.25) is 14.2 Å². The molecule has 0 saturated carbocycles. The third-order valence-electron chi connectivity index (χ3n) is 9.94. The van der Waals surface area contributed by atoms with Gasteiger partial charge in [-0.3, -0.25) is 4.79 Å². The molecule has 44 heavy (non-hydrogen) atoms. The van der Waals surface area contributed by atoms with Gasteiger partial charge in [-0.2, -0.15) is 0 Å². The Morgan fingerprint density at radius 3 is 2.02 bits per heavy atom. The number of carbonyl (C=O) groups excluding carboxylic acids is 1. The minimum absolute atomic E-state index is 0.0115. The van der Waals surface area contributed by atoms with Gasteiger partial charge in [-0.25, -0.2) is 4.39 Å². The van der Waals surface area contributed by atoms with Gasteiger partial charge < -0.3 is 13.8 Å². The molecule has 0 N–H and O–H groups in total. The molecule has 0 spiro atoms. The van der Waals surface area contributed by atoms with Gasteiger partial charge in [0.05, 0.1) is 18.1 Å². The van der Waals surface area contributed by atoms with E-state index in [4.69, 9.17) is 8.85 Å². The van der Waals surface area contributed by atoms with Crippen molar-refractivity contribution in [2.24, 2.45) is 5.92 Å². The summed E-state index contributed by atoms with van der Waals surface area (Å²) in [5.74, 6) is 0.427. The van der Waals surface area contributed by atoms with Crippen molar-refractivity contribution in [3.8, 4) is 5.75 Å². The van der Waals surface area contributed by atoms with E-state index in [-0.39, 0.29) is 39.9 Å². The Hall–Kier alpha value is -2.27. The Labute approximate surface area is 274 Å². The maximum Gasteiger partial charge on any atom is 0.250 e. The van der Waals surface area contributed by atoms with Crippen LogP contribution in [0.3, 0.4) is 0 Å². The van der Waals surface area contributed by atoms with Crippen molar-refractivity contribution in [2.75, 3.05) is 4.90 Å². The molecule has 0 bridgehead atoms. The van der Waals surface area contributed by atoms with E-state index < -0.39 is 16.6 Å². The van der Waals surface area contributed by atoms with Gasteiger partial charge >= 0.3 is 0 Å². The van der Waals surface area contributed by atoms with E-state index in [1.165, 1.54) is 12.1 Å². The lowest BCUT2D eigenvalue weighted by molar-refractivity contribution is -0.131. The van der Waals surface area contributed by atoms with Crippen LogP contribution in [0.25, 0.3) is 0 Å². The summed E-state index contributed by atoms with van der Waals surface area (Å²) in [5, 5.41) is 0.0294. The van der Waals surface area contributed by atoms with Crippen molar-refractivity contribution in [2.45, 2.75) is 103 Å². The second-order valence-corrected chi connectivity index (χ2v) is 25.5. The fourth-order valence-corrected chi connectivity index (χ4v) is 7.86. The van der Waals surface area contributed by atoms with E-state index >= 15 is 0 Å². The van der Waals surface area contributed by atoms with E-state index in [9.17, 15) is 9.18 Å². The molecular weight excluding hydrogens is 649 g/mol. The number of anilines is 1. The molecule has 1 saturated heterocycles. The number of rotatable bonds is 10. The van der Waals surface area contributed by atoms with Crippen LogP contribution in [-0.2, 0) is 9.22 Å². The molecule has 4 rings (SSSR count). The van der Waals surface area contributed by atoms with Gasteiger partial charge in [0, 0.05) is 15.7 Å². The summed E-state index contributed by atoms with van der Waals surface area (Å²) in [6.45, 7) is 22.4. The zero-order valence-electron chi connectivity index (χ0n) is 28.0. The number of amides is 1. The third-order valence-corrected chi connectivity index (χ3v) is 19.3. The first-order chi connectivity index (χ1) is 20.3. The van der Waals surface area contributed by atoms with Gasteiger partial charge in [-0.05, 0) is 91.1 Å². The minimum atomic E-state index is -2.18. The van der Waals surface area contributed by atoms with Crippen molar-refractivity contribution < 1.29 is 18.0 Å². The number of nitrogens with zero attached hydrogens (tertiary/aromatic N) is 1. The summed E-state index contributed by atoms with van der Waals surface area (Å²) in [6, 6.07) is 22.6. The molecule has 1 aliphatic rings. The van der Waals surface area contributed by atoms with Crippen molar-refractivity contribution in [1.29, 1.82) is 0 Å². The first kappa shape index (κ1) is 34.6. The molecule has 4 nitrogen and oxygen atoms in total. The predicted molar refractivity (Wildman–Crippen MR) is 189 cm³/mol. The van der Waals surface area contributed by atoms with E-state index in [0.29, 0.717) is 12.8 Å². The Morgan fingerprint density at radius 2 is 1.45 bits per heavy atom. The standard InChI is InChI=1S/C36H49BrFNO3Si2/c1-35(2,3)43(7,8)41-31(25-16-19-27(38)20-17-25)23-22-30-33(39(34(30)40)28-14-12-11-13-15-28)29-21-18-26(37)24-32(29)42-44(9,10)36(4,5)6/h11-21,24,30-31,33H,22-23H2,1-10H3/t30-,31+,33-/m1/s1. The molecule has 0 aromatic heterocycles.